The van der Waals surface area contributed by atoms with Gasteiger partial charge in [0.15, 0.2) is 0 Å². The fourth-order valence-electron chi connectivity index (χ4n) is 2.42. The molecule has 1 aliphatic heterocycles. The maximum absolute atomic E-state index is 10.1. The third-order valence-electron chi connectivity index (χ3n) is 3.67. The molecule has 1 heterocycles. The number of aliphatic imine (C=N–C) groups is 1. The average Bonchev–Trinajstić information content (AvgIpc) is 3.04. The first kappa shape index (κ1) is 14.2. The fraction of sp³-hybridized carbons (Fsp3) is 0.167. The van der Waals surface area contributed by atoms with Crippen molar-refractivity contribution in [2.45, 2.75) is 0 Å². The molecule has 0 radical (unpaired) electrons. The minimum atomic E-state index is 0.172. The Bertz CT molecular complexity index is 745. The molecular weight excluding hydrogens is 278 g/mol. The highest BCUT2D eigenvalue weighted by atomic mass is 16.5. The summed E-state index contributed by atoms with van der Waals surface area (Å²) >= 11 is 0. The van der Waals surface area contributed by atoms with Gasteiger partial charge in [0.05, 0.1) is 26.5 Å². The smallest absolute Gasteiger partial charge is 0.128 e. The number of nitrogens with zero attached hydrogens (tertiary/aromatic N) is 1. The summed E-state index contributed by atoms with van der Waals surface area (Å²) in [6, 6.07) is 13.1. The van der Waals surface area contributed by atoms with Crippen LogP contribution in [0.5, 0.6) is 17.2 Å². The monoisotopic (exact) mass is 295 g/mol. The SMILES string of the molecule is COc1ccc(C2=CC(c3ccc(OC)cc3O)=NC2)cc1. The highest BCUT2D eigenvalue weighted by Gasteiger charge is 2.15. The molecule has 0 unspecified atom stereocenters. The summed E-state index contributed by atoms with van der Waals surface area (Å²) in [6.07, 6.45) is 2.00. The van der Waals surface area contributed by atoms with Crippen LogP contribution in [0, 0.1) is 0 Å². The summed E-state index contributed by atoms with van der Waals surface area (Å²) in [6.45, 7) is 0.604. The van der Waals surface area contributed by atoms with Crippen molar-refractivity contribution >= 4 is 11.3 Å². The molecule has 4 nitrogen and oxygen atoms in total. The zero-order valence-electron chi connectivity index (χ0n) is 12.5. The van der Waals surface area contributed by atoms with Gasteiger partial charge < -0.3 is 14.6 Å². The maximum Gasteiger partial charge on any atom is 0.128 e. The highest BCUT2D eigenvalue weighted by Crippen LogP contribution is 2.29. The van der Waals surface area contributed by atoms with E-state index in [2.05, 4.69) is 4.99 Å². The van der Waals surface area contributed by atoms with Crippen LogP contribution in [-0.4, -0.2) is 31.6 Å². The molecule has 0 fully saturated rings. The normalized spacial score (nSPS) is 13.5. The van der Waals surface area contributed by atoms with Crippen molar-refractivity contribution < 1.29 is 14.6 Å². The lowest BCUT2D eigenvalue weighted by molar-refractivity contribution is 0.407. The van der Waals surface area contributed by atoms with Gasteiger partial charge in [-0.25, -0.2) is 0 Å². The number of allylic oxidation sites excluding steroid dienone is 1. The Morgan fingerprint density at radius 2 is 1.64 bits per heavy atom. The van der Waals surface area contributed by atoms with E-state index in [-0.39, 0.29) is 5.75 Å². The molecule has 0 aromatic heterocycles. The molecule has 0 spiro atoms. The topological polar surface area (TPSA) is 51.0 Å². The second-order valence-corrected chi connectivity index (χ2v) is 4.98. The number of ether oxygens (including phenoxy) is 2. The molecule has 2 aromatic rings. The molecule has 22 heavy (non-hydrogen) atoms. The second-order valence-electron chi connectivity index (χ2n) is 4.98. The summed E-state index contributed by atoms with van der Waals surface area (Å²) in [5.41, 5.74) is 3.72. The number of phenols is 1. The van der Waals surface area contributed by atoms with E-state index >= 15 is 0 Å². The van der Waals surface area contributed by atoms with E-state index in [9.17, 15) is 5.11 Å². The van der Waals surface area contributed by atoms with Crippen molar-refractivity contribution in [2.75, 3.05) is 20.8 Å². The van der Waals surface area contributed by atoms with Gasteiger partial charge >= 0.3 is 0 Å². The first-order chi connectivity index (χ1) is 10.7. The third kappa shape index (κ3) is 2.68. The van der Waals surface area contributed by atoms with Crippen LogP contribution in [0.2, 0.25) is 0 Å². The molecule has 3 rings (SSSR count). The number of methoxy groups -OCH3 is 2. The first-order valence-corrected chi connectivity index (χ1v) is 6.98. The van der Waals surface area contributed by atoms with E-state index in [0.717, 1.165) is 22.6 Å². The van der Waals surface area contributed by atoms with Crippen LogP contribution in [0.15, 0.2) is 53.5 Å². The van der Waals surface area contributed by atoms with E-state index in [1.54, 1.807) is 20.3 Å². The van der Waals surface area contributed by atoms with Crippen LogP contribution in [0.25, 0.3) is 5.57 Å². The first-order valence-electron chi connectivity index (χ1n) is 6.98. The Labute approximate surface area is 129 Å². The summed E-state index contributed by atoms with van der Waals surface area (Å²) in [4.78, 5) is 4.51. The molecule has 0 aliphatic carbocycles. The van der Waals surface area contributed by atoms with Crippen LogP contribution in [0.3, 0.4) is 0 Å². The molecule has 1 N–H and O–H groups in total. The Balaban J connectivity index is 1.86. The van der Waals surface area contributed by atoms with Crippen molar-refractivity contribution in [3.63, 3.8) is 0 Å². The molecule has 0 bridgehead atoms. The van der Waals surface area contributed by atoms with Crippen molar-refractivity contribution in [3.05, 3.63) is 59.7 Å². The molecular formula is C18H17NO3. The van der Waals surface area contributed by atoms with Gasteiger partial charge in [0.1, 0.15) is 17.2 Å². The minimum absolute atomic E-state index is 0.172. The number of hydrogen-bond donors (Lipinski definition) is 1. The summed E-state index contributed by atoms with van der Waals surface area (Å²) in [7, 11) is 3.22. The van der Waals surface area contributed by atoms with Gasteiger partial charge in [0.2, 0.25) is 0 Å². The predicted octanol–water partition coefficient (Wildman–Crippen LogP) is 3.30. The molecule has 4 heteroatoms. The molecule has 0 atom stereocenters. The lowest BCUT2D eigenvalue weighted by atomic mass is 10.0. The summed E-state index contributed by atoms with van der Waals surface area (Å²) in [5, 5.41) is 10.1. The van der Waals surface area contributed by atoms with Gasteiger partial charge in [-0.15, -0.1) is 0 Å². The van der Waals surface area contributed by atoms with Crippen LogP contribution in [0.1, 0.15) is 11.1 Å². The lowest BCUT2D eigenvalue weighted by Gasteiger charge is -2.05. The standard InChI is InChI=1S/C18H17NO3/c1-21-14-5-3-12(4-6-14)13-9-17(19-11-13)16-8-7-15(22-2)10-18(16)20/h3-10,20H,11H2,1-2H3. The van der Waals surface area contributed by atoms with E-state index < -0.39 is 0 Å². The Hall–Kier alpha value is -2.75. The van der Waals surface area contributed by atoms with Gasteiger partial charge in [-0.1, -0.05) is 12.1 Å². The van der Waals surface area contributed by atoms with Crippen molar-refractivity contribution in [1.82, 2.24) is 0 Å². The van der Waals surface area contributed by atoms with E-state index in [1.165, 1.54) is 0 Å². The number of aromatic hydroxyl groups is 1. The van der Waals surface area contributed by atoms with Gasteiger partial charge in [0.25, 0.3) is 0 Å². The molecule has 2 aromatic carbocycles. The molecule has 112 valence electrons. The highest BCUT2D eigenvalue weighted by molar-refractivity contribution is 6.16. The number of benzene rings is 2. The maximum atomic E-state index is 10.1. The summed E-state index contributed by atoms with van der Waals surface area (Å²) in [5.74, 6) is 1.63. The Morgan fingerprint density at radius 1 is 0.955 bits per heavy atom. The van der Waals surface area contributed by atoms with Crippen molar-refractivity contribution in [3.8, 4) is 17.2 Å². The predicted molar refractivity (Wildman–Crippen MR) is 87.0 cm³/mol. The summed E-state index contributed by atoms with van der Waals surface area (Å²) < 4.78 is 10.3. The van der Waals surface area contributed by atoms with E-state index in [4.69, 9.17) is 9.47 Å². The quantitative estimate of drug-likeness (QED) is 0.941. The zero-order chi connectivity index (χ0) is 15.5. The van der Waals surface area contributed by atoms with Crippen LogP contribution in [0.4, 0.5) is 0 Å². The van der Waals surface area contributed by atoms with Crippen LogP contribution >= 0.6 is 0 Å². The second kappa shape index (κ2) is 5.93. The average molecular weight is 295 g/mol. The third-order valence-corrected chi connectivity index (χ3v) is 3.67. The van der Waals surface area contributed by atoms with Crippen LogP contribution < -0.4 is 9.47 Å². The number of rotatable bonds is 4. The van der Waals surface area contributed by atoms with E-state index in [0.29, 0.717) is 17.9 Å². The van der Waals surface area contributed by atoms with Gasteiger partial charge in [-0.3, -0.25) is 4.99 Å². The van der Waals surface area contributed by atoms with Crippen LogP contribution in [-0.2, 0) is 0 Å². The molecule has 1 aliphatic rings. The molecule has 0 saturated carbocycles. The molecule has 0 amide bonds. The van der Waals surface area contributed by atoms with Crippen molar-refractivity contribution in [2.24, 2.45) is 4.99 Å². The Kier molecular flexibility index (Phi) is 3.83. The zero-order valence-corrected chi connectivity index (χ0v) is 12.5. The minimum Gasteiger partial charge on any atom is -0.507 e. The van der Waals surface area contributed by atoms with Gasteiger partial charge in [-0.05, 0) is 41.5 Å². The van der Waals surface area contributed by atoms with Crippen molar-refractivity contribution in [1.29, 1.82) is 0 Å². The number of hydrogen-bond acceptors (Lipinski definition) is 4. The largest absolute Gasteiger partial charge is 0.507 e. The van der Waals surface area contributed by atoms with Gasteiger partial charge in [0, 0.05) is 11.6 Å². The van der Waals surface area contributed by atoms with E-state index in [1.807, 2.05) is 42.5 Å². The number of phenolic OH excluding ortho intramolecular Hbond substituents is 1. The molecule has 0 saturated heterocycles. The lowest BCUT2D eigenvalue weighted by Crippen LogP contribution is -1.95. The van der Waals surface area contributed by atoms with Gasteiger partial charge in [-0.2, -0.15) is 0 Å². The fourth-order valence-corrected chi connectivity index (χ4v) is 2.42. The Morgan fingerprint density at radius 3 is 2.27 bits per heavy atom.